The molecule has 0 saturated carbocycles. The van der Waals surface area contributed by atoms with Crippen LogP contribution in [0.5, 0.6) is 11.5 Å². The zero-order valence-electron chi connectivity index (χ0n) is 39.5. The van der Waals surface area contributed by atoms with Gasteiger partial charge in [-0.2, -0.15) is 12.1 Å². The van der Waals surface area contributed by atoms with Crippen LogP contribution >= 0.6 is 0 Å². The Morgan fingerprint density at radius 1 is 0.585 bits per heavy atom. The molecule has 330 valence electrons. The largest absolute Gasteiger partial charge is 2.00 e. The molecule has 1 aliphatic rings. The van der Waals surface area contributed by atoms with E-state index in [1.165, 1.54) is 22.8 Å². The molecule has 0 atom stereocenters. The van der Waals surface area contributed by atoms with Gasteiger partial charge in [0, 0.05) is 41.4 Å². The monoisotopic (exact) mass is 1040 g/mol. The van der Waals surface area contributed by atoms with Crippen molar-refractivity contribution >= 4 is 50.6 Å². The van der Waals surface area contributed by atoms with E-state index in [-0.39, 0.29) is 48.5 Å². The number of nitrogens with zero attached hydrogens (tertiary/aromatic N) is 4. The molecule has 0 aliphatic carbocycles. The Bertz CT molecular complexity index is 3200. The molecule has 3 heterocycles. The van der Waals surface area contributed by atoms with Gasteiger partial charge >= 0.3 is 32.8 Å². The third-order valence-corrected chi connectivity index (χ3v) is 12.3. The van der Waals surface area contributed by atoms with E-state index < -0.39 is 0 Å². The SMILES string of the molecule is CC(C)(C)c1cccc(-c2cccc3c2[N+](c2cc(C(C)(C)C)cc(C(C)(C)C)c2)=C=[N+]3c2[c-]c(Oc3[c-]c4c(cc3)c3cc(F)ccc3n4-c3cc(C(C)(C)C)ccn3)ccc2)c1.[Pt+2]. The molecule has 0 amide bonds. The van der Waals surface area contributed by atoms with E-state index in [1.54, 1.807) is 6.07 Å². The molecule has 2 aromatic heterocycles. The number of hydrogen-bond acceptors (Lipinski definition) is 2. The molecule has 0 bridgehead atoms. The molecule has 9 rings (SSSR count). The van der Waals surface area contributed by atoms with Crippen LogP contribution in [0.3, 0.4) is 0 Å². The van der Waals surface area contributed by atoms with Crippen molar-refractivity contribution in [2.45, 2.75) is 105 Å². The Morgan fingerprint density at radius 3 is 1.92 bits per heavy atom. The summed E-state index contributed by atoms with van der Waals surface area (Å²) in [6.45, 7) is 27.0. The number of rotatable bonds is 6. The molecule has 0 unspecified atom stereocenters. The van der Waals surface area contributed by atoms with E-state index in [4.69, 9.17) is 9.72 Å². The van der Waals surface area contributed by atoms with Gasteiger partial charge in [0.05, 0.1) is 5.56 Å². The molecule has 0 fully saturated rings. The van der Waals surface area contributed by atoms with E-state index in [2.05, 4.69) is 177 Å². The first kappa shape index (κ1) is 45.6. The Hall–Kier alpha value is -5.93. The Kier molecular flexibility index (Phi) is 11.6. The minimum atomic E-state index is -0.299. The number of para-hydroxylation sites is 1. The van der Waals surface area contributed by atoms with Gasteiger partial charge in [0.2, 0.25) is 5.69 Å². The summed E-state index contributed by atoms with van der Waals surface area (Å²) in [6, 6.07) is 52.1. The van der Waals surface area contributed by atoms with Gasteiger partial charge in [-0.1, -0.05) is 142 Å². The van der Waals surface area contributed by atoms with E-state index in [9.17, 15) is 4.39 Å². The molecule has 5 nitrogen and oxygen atoms in total. The first-order valence-electron chi connectivity index (χ1n) is 22.2. The second kappa shape index (κ2) is 16.5. The number of fused-ring (bicyclic) bond motifs is 4. The first-order chi connectivity index (χ1) is 30.1. The maximum Gasteiger partial charge on any atom is 2.00 e. The minimum Gasteiger partial charge on any atom is -0.509 e. The normalized spacial score (nSPS) is 13.1. The van der Waals surface area contributed by atoms with Crippen LogP contribution in [0.25, 0.3) is 38.8 Å². The smallest absolute Gasteiger partial charge is 0.509 e. The van der Waals surface area contributed by atoms with Crippen LogP contribution in [0.4, 0.5) is 27.1 Å². The minimum absolute atomic E-state index is 0. The number of pyridine rings is 1. The van der Waals surface area contributed by atoms with Crippen LogP contribution in [0.2, 0.25) is 0 Å². The molecule has 6 aromatic carbocycles. The standard InChI is InChI=1S/C58H57FN4O.Pt/c1-55(2,3)38-17-13-16-37(28-38)47-20-15-21-51-54(47)62(44-30-40(57(7,8)9)29-41(31-44)58(10,11)12)36-61(51)43-18-14-19-45(34-43)64-46-23-24-48-49-33-42(59)22-25-50(49)63(52(48)35-46)53-32-39(26-27-60-53)56(4,5)6;/h13-33H,1-12H3;/q;+2. The average molecular weight is 1040 g/mol. The third kappa shape index (κ3) is 8.80. The summed E-state index contributed by atoms with van der Waals surface area (Å²) in [6.07, 6.45) is 1.83. The molecule has 0 spiro atoms. The van der Waals surface area contributed by atoms with Gasteiger partial charge in [-0.05, 0) is 95.8 Å². The second-order valence-corrected chi connectivity index (χ2v) is 21.3. The van der Waals surface area contributed by atoms with Crippen molar-refractivity contribution in [3.05, 3.63) is 168 Å². The zero-order valence-corrected chi connectivity index (χ0v) is 41.8. The number of aromatic nitrogens is 2. The Labute approximate surface area is 398 Å². The molecule has 8 aromatic rings. The van der Waals surface area contributed by atoms with Crippen LogP contribution in [-0.2, 0) is 42.7 Å². The molecule has 0 N–H and O–H groups in total. The quantitative estimate of drug-likeness (QED) is 0.123. The summed E-state index contributed by atoms with van der Waals surface area (Å²) in [4.78, 5) is 4.79. The van der Waals surface area contributed by atoms with Crippen molar-refractivity contribution in [3.8, 4) is 28.4 Å². The maximum absolute atomic E-state index is 14.8. The molecule has 0 saturated heterocycles. The van der Waals surface area contributed by atoms with Gasteiger partial charge in [-0.3, -0.25) is 0 Å². The average Bonchev–Trinajstić information content (AvgIpc) is 3.78. The summed E-state index contributed by atoms with van der Waals surface area (Å²) in [5.41, 5.74) is 12.4. The van der Waals surface area contributed by atoms with Crippen molar-refractivity contribution in [2.75, 3.05) is 0 Å². The fraction of sp³-hybridized carbons (Fsp3) is 0.276. The van der Waals surface area contributed by atoms with Crippen molar-refractivity contribution in [3.63, 3.8) is 0 Å². The van der Waals surface area contributed by atoms with E-state index in [1.807, 2.05) is 53.2 Å². The van der Waals surface area contributed by atoms with E-state index in [0.29, 0.717) is 11.5 Å². The van der Waals surface area contributed by atoms with Crippen LogP contribution < -0.4 is 13.9 Å². The fourth-order valence-corrected chi connectivity index (χ4v) is 8.46. The van der Waals surface area contributed by atoms with Gasteiger partial charge in [-0.15, -0.1) is 23.6 Å². The van der Waals surface area contributed by atoms with Gasteiger partial charge in [-0.25, -0.2) is 9.37 Å². The van der Waals surface area contributed by atoms with Gasteiger partial charge in [0.25, 0.3) is 5.69 Å². The molecule has 7 heteroatoms. The topological polar surface area (TPSA) is 33.1 Å². The molecule has 1 aliphatic heterocycles. The third-order valence-electron chi connectivity index (χ3n) is 12.3. The van der Waals surface area contributed by atoms with Gasteiger partial charge in [0.15, 0.2) is 0 Å². The van der Waals surface area contributed by atoms with E-state index in [0.717, 1.165) is 67.1 Å². The summed E-state index contributed by atoms with van der Waals surface area (Å²) in [7, 11) is 0. The first-order valence-corrected chi connectivity index (χ1v) is 22.2. The summed E-state index contributed by atoms with van der Waals surface area (Å²) < 4.78 is 27.8. The van der Waals surface area contributed by atoms with Crippen LogP contribution in [0.1, 0.15) is 105 Å². The van der Waals surface area contributed by atoms with Crippen molar-refractivity contribution in [1.29, 1.82) is 0 Å². The molecule has 65 heavy (non-hydrogen) atoms. The molecule has 0 radical (unpaired) electrons. The fourth-order valence-electron chi connectivity index (χ4n) is 8.46. The van der Waals surface area contributed by atoms with Crippen molar-refractivity contribution in [1.82, 2.24) is 18.7 Å². The Morgan fingerprint density at radius 2 is 1.23 bits per heavy atom. The summed E-state index contributed by atoms with van der Waals surface area (Å²) in [5, 5.41) is 1.64. The molecular weight excluding hydrogens is 983 g/mol. The number of ether oxygens (including phenoxy) is 1. The van der Waals surface area contributed by atoms with Gasteiger partial charge < -0.3 is 9.30 Å². The number of halogens is 1. The predicted molar refractivity (Wildman–Crippen MR) is 264 cm³/mol. The van der Waals surface area contributed by atoms with Crippen molar-refractivity contribution in [2.24, 2.45) is 0 Å². The van der Waals surface area contributed by atoms with Crippen molar-refractivity contribution < 1.29 is 30.2 Å². The van der Waals surface area contributed by atoms with Crippen LogP contribution in [0, 0.1) is 17.9 Å². The molecular formula is C58H57FN4OPt+2. The van der Waals surface area contributed by atoms with Crippen LogP contribution in [0.15, 0.2) is 128 Å². The number of benzene rings is 6. The zero-order chi connectivity index (χ0) is 45.5. The maximum atomic E-state index is 14.8. The Balaban J connectivity index is 0.00000576. The van der Waals surface area contributed by atoms with Gasteiger partial charge in [0.1, 0.15) is 17.3 Å². The summed E-state index contributed by atoms with van der Waals surface area (Å²) >= 11 is 0. The second-order valence-electron chi connectivity index (χ2n) is 21.3. The van der Waals surface area contributed by atoms with Crippen LogP contribution in [-0.4, -0.2) is 15.6 Å². The predicted octanol–water partition coefficient (Wildman–Crippen LogP) is 15.4. The number of hydrogen-bond donors (Lipinski definition) is 0. The summed E-state index contributed by atoms with van der Waals surface area (Å²) in [5.74, 6) is 1.46. The van der Waals surface area contributed by atoms with E-state index >= 15 is 0 Å².